The fraction of sp³-hybridized carbons (Fsp3) is 0.0909. The maximum Gasteiger partial charge on any atom is 0.313 e. The van der Waals surface area contributed by atoms with Crippen molar-refractivity contribution < 1.29 is 9.90 Å². The maximum absolute atomic E-state index is 10.6. The summed E-state index contributed by atoms with van der Waals surface area (Å²) in [6.45, 7) is 0. The third-order valence-electron chi connectivity index (χ3n) is 2.12. The number of nitrogens with zero attached hydrogens (tertiary/aromatic N) is 2. The predicted octanol–water partition coefficient (Wildman–Crippen LogP) is 3.46. The van der Waals surface area contributed by atoms with Crippen LogP contribution in [0.1, 0.15) is 0 Å². The summed E-state index contributed by atoms with van der Waals surface area (Å²) in [7, 11) is 0. The van der Waals surface area contributed by atoms with E-state index in [4.69, 9.17) is 16.7 Å². The first-order valence-corrected chi connectivity index (χ1v) is 7.07. The summed E-state index contributed by atoms with van der Waals surface area (Å²) in [6.07, 6.45) is 3.39. The Balaban J connectivity index is 2.36. The minimum absolute atomic E-state index is 0.0325. The normalized spacial score (nSPS) is 10.6. The van der Waals surface area contributed by atoms with E-state index >= 15 is 0 Å². The van der Waals surface area contributed by atoms with Crippen LogP contribution >= 0.6 is 39.3 Å². The molecule has 0 aliphatic carbocycles. The highest BCUT2D eigenvalue weighted by Gasteiger charge is 2.11. The monoisotopic (exact) mass is 346 g/mol. The zero-order chi connectivity index (χ0) is 13.1. The number of imidazole rings is 1. The number of carboxylic acid groups (broad SMARTS) is 1. The van der Waals surface area contributed by atoms with Crippen LogP contribution in [-0.4, -0.2) is 26.4 Å². The molecule has 0 radical (unpaired) electrons. The fourth-order valence-corrected chi connectivity index (χ4v) is 2.70. The topological polar surface area (TPSA) is 55.1 Å². The van der Waals surface area contributed by atoms with Crippen molar-refractivity contribution in [2.45, 2.75) is 5.16 Å². The molecule has 7 heteroatoms. The summed E-state index contributed by atoms with van der Waals surface area (Å²) in [5, 5.41) is 9.89. The van der Waals surface area contributed by atoms with Crippen LogP contribution in [-0.2, 0) is 4.79 Å². The van der Waals surface area contributed by atoms with Crippen molar-refractivity contribution in [2.24, 2.45) is 0 Å². The Morgan fingerprint density at radius 3 is 3.06 bits per heavy atom. The van der Waals surface area contributed by atoms with Gasteiger partial charge < -0.3 is 5.11 Å². The van der Waals surface area contributed by atoms with E-state index in [0.29, 0.717) is 10.2 Å². The molecule has 94 valence electrons. The lowest BCUT2D eigenvalue weighted by Gasteiger charge is -2.09. The first-order chi connectivity index (χ1) is 8.59. The molecule has 2 rings (SSSR count). The van der Waals surface area contributed by atoms with E-state index < -0.39 is 5.97 Å². The van der Waals surface area contributed by atoms with E-state index in [0.717, 1.165) is 21.9 Å². The molecule has 0 fully saturated rings. The van der Waals surface area contributed by atoms with Crippen molar-refractivity contribution >= 4 is 45.3 Å². The van der Waals surface area contributed by atoms with Crippen molar-refractivity contribution in [3.8, 4) is 5.69 Å². The molecule has 0 atom stereocenters. The van der Waals surface area contributed by atoms with Crippen molar-refractivity contribution in [3.05, 3.63) is 40.1 Å². The molecule has 0 spiro atoms. The first-order valence-electron chi connectivity index (χ1n) is 4.92. The summed E-state index contributed by atoms with van der Waals surface area (Å²) in [4.78, 5) is 14.7. The lowest BCUT2D eigenvalue weighted by Crippen LogP contribution is -2.01. The number of aromatic nitrogens is 2. The number of hydrogen-bond acceptors (Lipinski definition) is 3. The molecule has 0 unspecified atom stereocenters. The average molecular weight is 348 g/mol. The second kappa shape index (κ2) is 5.77. The number of thioether (sulfide) groups is 1. The Morgan fingerprint density at radius 1 is 1.56 bits per heavy atom. The summed E-state index contributed by atoms with van der Waals surface area (Å²) >= 11 is 10.6. The zero-order valence-corrected chi connectivity index (χ0v) is 12.2. The van der Waals surface area contributed by atoms with Crippen molar-refractivity contribution in [2.75, 3.05) is 5.75 Å². The Bertz CT molecular complexity index is 588. The Kier molecular flexibility index (Phi) is 4.31. The lowest BCUT2D eigenvalue weighted by molar-refractivity contribution is -0.133. The van der Waals surface area contributed by atoms with Gasteiger partial charge in [0.15, 0.2) is 5.16 Å². The van der Waals surface area contributed by atoms with Crippen LogP contribution in [0.3, 0.4) is 0 Å². The minimum Gasteiger partial charge on any atom is -0.481 e. The van der Waals surface area contributed by atoms with Gasteiger partial charge in [-0.15, -0.1) is 0 Å². The fourth-order valence-electron chi connectivity index (χ4n) is 1.38. The van der Waals surface area contributed by atoms with E-state index in [2.05, 4.69) is 20.9 Å². The van der Waals surface area contributed by atoms with E-state index in [-0.39, 0.29) is 5.75 Å². The molecule has 0 aliphatic heterocycles. The first kappa shape index (κ1) is 13.5. The highest BCUT2D eigenvalue weighted by Crippen LogP contribution is 2.31. The van der Waals surface area contributed by atoms with Crippen LogP contribution in [0.2, 0.25) is 5.02 Å². The van der Waals surface area contributed by atoms with E-state index in [1.807, 2.05) is 12.1 Å². The number of aliphatic carboxylic acids is 1. The Labute approximate surface area is 121 Å². The standard InChI is InChI=1S/C11H8BrClN2O2S/c12-10-7(13)2-1-3-8(10)15-5-4-14-11(15)18-6-9(16)17/h1-5H,6H2,(H,16,17). The third kappa shape index (κ3) is 2.88. The summed E-state index contributed by atoms with van der Waals surface area (Å²) in [5.74, 6) is -0.908. The Hall–Kier alpha value is -0.980. The van der Waals surface area contributed by atoms with Gasteiger partial charge in [0.25, 0.3) is 0 Å². The SMILES string of the molecule is O=C(O)CSc1nccn1-c1cccc(Cl)c1Br. The van der Waals surface area contributed by atoms with Gasteiger partial charge in [-0.2, -0.15) is 0 Å². The van der Waals surface area contributed by atoms with Gasteiger partial charge in [0.05, 0.1) is 20.9 Å². The molecule has 18 heavy (non-hydrogen) atoms. The Morgan fingerprint density at radius 2 is 2.33 bits per heavy atom. The molecule has 1 aromatic carbocycles. The number of carboxylic acids is 1. The number of rotatable bonds is 4. The highest BCUT2D eigenvalue weighted by atomic mass is 79.9. The van der Waals surface area contributed by atoms with Crippen molar-refractivity contribution in [1.29, 1.82) is 0 Å². The zero-order valence-electron chi connectivity index (χ0n) is 9.01. The van der Waals surface area contributed by atoms with Gasteiger partial charge in [0, 0.05) is 12.4 Å². The van der Waals surface area contributed by atoms with Gasteiger partial charge in [-0.05, 0) is 28.1 Å². The van der Waals surface area contributed by atoms with E-state index in [9.17, 15) is 4.79 Å². The number of carbonyl (C=O) groups is 1. The number of hydrogen-bond donors (Lipinski definition) is 1. The summed E-state index contributed by atoms with van der Waals surface area (Å²) in [5.41, 5.74) is 0.827. The van der Waals surface area contributed by atoms with Crippen LogP contribution in [0.5, 0.6) is 0 Å². The molecule has 0 saturated carbocycles. The van der Waals surface area contributed by atoms with E-state index in [1.54, 1.807) is 23.0 Å². The molecule has 0 amide bonds. The predicted molar refractivity (Wildman–Crippen MR) is 74.6 cm³/mol. The van der Waals surface area contributed by atoms with Crippen LogP contribution < -0.4 is 0 Å². The molecule has 0 bridgehead atoms. The second-order valence-corrected chi connectivity index (χ2v) is 5.48. The van der Waals surface area contributed by atoms with Gasteiger partial charge in [-0.1, -0.05) is 29.4 Å². The van der Waals surface area contributed by atoms with Crippen LogP contribution in [0.15, 0.2) is 40.2 Å². The van der Waals surface area contributed by atoms with Crippen molar-refractivity contribution in [3.63, 3.8) is 0 Å². The second-order valence-electron chi connectivity index (χ2n) is 3.34. The molecular weight excluding hydrogens is 340 g/mol. The summed E-state index contributed by atoms with van der Waals surface area (Å²) in [6, 6.07) is 5.48. The average Bonchev–Trinajstić information content (AvgIpc) is 2.78. The highest BCUT2D eigenvalue weighted by molar-refractivity contribution is 9.10. The van der Waals surface area contributed by atoms with E-state index in [1.165, 1.54) is 0 Å². The van der Waals surface area contributed by atoms with Crippen molar-refractivity contribution in [1.82, 2.24) is 9.55 Å². The quantitative estimate of drug-likeness (QED) is 0.861. The molecule has 1 aromatic heterocycles. The van der Waals surface area contributed by atoms with Gasteiger partial charge in [0.1, 0.15) is 0 Å². The largest absolute Gasteiger partial charge is 0.481 e. The number of halogens is 2. The van der Waals surface area contributed by atoms with Gasteiger partial charge in [0.2, 0.25) is 0 Å². The van der Waals surface area contributed by atoms with Gasteiger partial charge >= 0.3 is 5.97 Å². The van der Waals surface area contributed by atoms with Gasteiger partial charge in [-0.3, -0.25) is 9.36 Å². The molecule has 1 heterocycles. The molecule has 1 N–H and O–H groups in total. The third-order valence-corrected chi connectivity index (χ3v) is 4.45. The number of benzene rings is 1. The molecule has 4 nitrogen and oxygen atoms in total. The molecule has 2 aromatic rings. The smallest absolute Gasteiger partial charge is 0.313 e. The van der Waals surface area contributed by atoms with Crippen LogP contribution in [0, 0.1) is 0 Å². The minimum atomic E-state index is -0.875. The molecular formula is C11H8BrClN2O2S. The molecule has 0 aliphatic rings. The summed E-state index contributed by atoms with van der Waals surface area (Å²) < 4.78 is 2.55. The molecule has 0 saturated heterocycles. The van der Waals surface area contributed by atoms with Gasteiger partial charge in [-0.25, -0.2) is 4.98 Å². The lowest BCUT2D eigenvalue weighted by atomic mass is 10.3. The van der Waals surface area contributed by atoms with Crippen LogP contribution in [0.25, 0.3) is 5.69 Å². The van der Waals surface area contributed by atoms with Crippen LogP contribution in [0.4, 0.5) is 0 Å². The maximum atomic E-state index is 10.6.